The Bertz CT molecular complexity index is 1960. The number of hydrogen-bond donors (Lipinski definition) is 26. The second-order valence-electron chi connectivity index (χ2n) is 23.1. The van der Waals surface area contributed by atoms with Crippen LogP contribution in [0, 0.1) is 0 Å². The van der Waals surface area contributed by atoms with Crippen molar-refractivity contribution in [2.45, 2.75) is 58.9 Å². The summed E-state index contributed by atoms with van der Waals surface area (Å²) >= 11 is 0. The Hall–Kier alpha value is 7.47. The molecule has 0 amide bonds. The number of rotatable bonds is 56. The van der Waals surface area contributed by atoms with E-state index in [1.165, 1.54) is 6.55 Å². The van der Waals surface area contributed by atoms with Crippen molar-refractivity contribution in [1.82, 2.24) is 0 Å². The lowest BCUT2D eigenvalue weighted by Gasteiger charge is -2.71. The van der Waals surface area contributed by atoms with Gasteiger partial charge in [-0.25, -0.2) is 0 Å². The zero-order chi connectivity index (χ0) is 71.9. The summed E-state index contributed by atoms with van der Waals surface area (Å²) in [5.41, 5.74) is 0. The molecule has 0 fully saturated rings. The summed E-state index contributed by atoms with van der Waals surface area (Å²) in [7, 11) is -134. The van der Waals surface area contributed by atoms with Crippen molar-refractivity contribution >= 4 is 365 Å². The Kier molecular flexibility index (Phi) is 47.1. The monoisotopic (exact) mass is 2040 g/mol. The van der Waals surface area contributed by atoms with Crippen LogP contribution in [0.1, 0.15) is 0 Å². The maximum absolute atomic E-state index is 13.3. The SMILES string of the molecule is C[SiH](O[Si](C)(C)C)O[Si](O[Si](O[Si](O[Si](C)(C)C)([SiH2]O)[SiH2]O)([Si](O[SiH2]O)([SiH2]O)[SiH2]O)[Si](O[SiH2]O)([SiH2]O)[SiH2]O)([Si](O[Si](O[SiH2]O)([SiH2]O)[SiH2]O)([Si](O[SiH2]O)([SiH2]O)[SiH2]O)[Si](O[SiH2]O)([SiH2]O)[SiH2]O)[Si](O[Si](O[SiH2]O)([SiH2]O)[Si](C)(C)O)([Si](O[SiH2]O)([SiH2]O)[SiH2]O)[Si](O[SiH2]O)([SiH2]O)[SiH2]O. The molecule has 0 spiro atoms. The van der Waals surface area contributed by atoms with Crippen LogP contribution in [-0.4, -0.2) is 489 Å². The molecule has 0 heterocycles. The van der Waals surface area contributed by atoms with Gasteiger partial charge in [-0.2, -0.15) is 0 Å². The van der Waals surface area contributed by atoms with Crippen LogP contribution in [-0.2, 0) is 61.7 Å². The van der Waals surface area contributed by atoms with Gasteiger partial charge in [-0.05, 0) is 58.9 Å². The smallest absolute Gasteiger partial charge is 0.338 e. The van der Waals surface area contributed by atoms with Gasteiger partial charge in [0.05, 0.1) is 0 Å². The van der Waals surface area contributed by atoms with Gasteiger partial charge in [0.2, 0.25) is 81.7 Å². The molecule has 0 aliphatic heterocycles. The van der Waals surface area contributed by atoms with Crippen LogP contribution >= 0.6 is 0 Å². The molecule has 554 valence electrons. The lowest BCUT2D eigenvalue weighted by Crippen LogP contribution is -3.14. The highest BCUT2D eigenvalue weighted by atomic mass is 30.5. The minimum Gasteiger partial charge on any atom is -0.441 e. The molecule has 0 aromatic rings. The lowest BCUT2D eigenvalue weighted by molar-refractivity contribution is 0.302. The van der Waals surface area contributed by atoms with Gasteiger partial charge < -0.3 is 186 Å². The normalized spacial score (nSPS) is 25.3. The van der Waals surface area contributed by atoms with Gasteiger partial charge >= 0.3 is 38.0 Å². The molecule has 0 rings (SSSR count). The molecular formula is C9H104O41Si42. The summed E-state index contributed by atoms with van der Waals surface area (Å²) in [4.78, 5) is 326. The quantitative estimate of drug-likeness (QED) is 0.0251. The highest BCUT2D eigenvalue weighted by Crippen LogP contribution is 2.54. The van der Waals surface area contributed by atoms with Crippen LogP contribution in [0.15, 0.2) is 0 Å². The molecule has 0 bridgehead atoms. The fourth-order valence-electron chi connectivity index (χ4n) is 11.0. The van der Waals surface area contributed by atoms with Crippen molar-refractivity contribution in [3.8, 4) is 0 Å². The van der Waals surface area contributed by atoms with E-state index in [2.05, 4.69) is 0 Å². The molecule has 41 nitrogen and oxygen atoms in total. The molecule has 0 aliphatic rings. The molecule has 3 unspecified atom stereocenters. The van der Waals surface area contributed by atoms with Gasteiger partial charge in [0.15, 0.2) is 128 Å². The summed E-state index contributed by atoms with van der Waals surface area (Å²) in [5, 5.41) is 0. The summed E-state index contributed by atoms with van der Waals surface area (Å²) in [6.45, 7) is -36.5. The molecule has 83 heteroatoms. The molecule has 26 N–H and O–H groups in total. The van der Waals surface area contributed by atoms with Crippen LogP contribution in [0.25, 0.3) is 0 Å². The Labute approximate surface area is 603 Å². The Morgan fingerprint density at radius 3 is 0.761 bits per heavy atom. The molecule has 0 aromatic heterocycles. The van der Waals surface area contributed by atoms with E-state index in [0.717, 1.165) is 13.1 Å². The first kappa shape index (κ1) is 99.5. The largest absolute Gasteiger partial charge is 0.441 e. The zero-order valence-corrected chi connectivity index (χ0v) is 106. The second kappa shape index (κ2) is 43.6. The topological polar surface area (TPSA) is 664 Å². The van der Waals surface area contributed by atoms with E-state index in [4.69, 9.17) is 61.7 Å². The van der Waals surface area contributed by atoms with Crippen molar-refractivity contribution in [3.63, 3.8) is 0 Å². The van der Waals surface area contributed by atoms with Crippen molar-refractivity contribution in [1.29, 1.82) is 0 Å². The van der Waals surface area contributed by atoms with E-state index in [0.29, 0.717) is 0 Å². The number of hydrogen-bond acceptors (Lipinski definition) is 41. The Balaban J connectivity index is 14.5. The lowest BCUT2D eigenvalue weighted by atomic mass is 11.8. The minimum absolute atomic E-state index is 1.14. The Morgan fingerprint density at radius 2 is 0.533 bits per heavy atom. The first-order chi connectivity index (χ1) is 42.9. The summed E-state index contributed by atoms with van der Waals surface area (Å²) in [6, 6.07) is 0. The van der Waals surface area contributed by atoms with Crippen LogP contribution in [0.2, 0.25) is 58.9 Å². The van der Waals surface area contributed by atoms with Gasteiger partial charge in [0.25, 0.3) is 117 Å². The van der Waals surface area contributed by atoms with E-state index < -0.39 is 365 Å². The molecule has 92 heavy (non-hydrogen) atoms. The standard InChI is InChI=1S/C9H104O41Si42/c1-76(44-77(2,3)4)45-83(91(87(68-27,69-28)40-55-14,88(70-29,71-30)41-56-15)48-80(59-18,60-19)36-51-10,92(89(72-31,73-32)42-57-16,90(74-33,75-34)43-58-17)49-82(63-22,37-52-11)79(8,9)35)50-84(85(64-23,65-24)38-53-12,86(66-25,67-26)39-54-13)47-81(61-20,62-21)46-78(5,6)7/h10-35,76H,51-75H2,1-9H3. The molecule has 3 atom stereocenters. The summed E-state index contributed by atoms with van der Waals surface area (Å²) < 4.78 is 107. The fourth-order valence-corrected chi connectivity index (χ4v) is 756. The van der Waals surface area contributed by atoms with E-state index in [1.807, 2.05) is 0 Å². The third-order valence-electron chi connectivity index (χ3n) is 15.2. The molecular weight excluding hydrogens is 1940 g/mol. The minimum atomic E-state index is -7.64. The van der Waals surface area contributed by atoms with E-state index in [1.54, 1.807) is 39.3 Å². The Morgan fingerprint density at radius 1 is 0.250 bits per heavy atom. The van der Waals surface area contributed by atoms with Crippen molar-refractivity contribution in [2.75, 3.05) is 0 Å². The van der Waals surface area contributed by atoms with E-state index in [9.17, 15) is 125 Å². The van der Waals surface area contributed by atoms with Crippen LogP contribution < -0.4 is 0 Å². The van der Waals surface area contributed by atoms with Gasteiger partial charge in [-0.15, -0.1) is 0 Å². The molecule has 0 aromatic carbocycles. The first-order valence-electron chi connectivity index (χ1n) is 27.8. The van der Waals surface area contributed by atoms with Gasteiger partial charge in [0, 0.05) is 0 Å². The highest BCUT2D eigenvalue weighted by Gasteiger charge is 3.00. The van der Waals surface area contributed by atoms with Crippen LogP contribution in [0.5, 0.6) is 0 Å². The highest BCUT2D eigenvalue weighted by molar-refractivity contribution is 8.24. The third kappa shape index (κ3) is 20.3. The van der Waals surface area contributed by atoms with Gasteiger partial charge in [-0.1, -0.05) is 0 Å². The first-order valence-corrected chi connectivity index (χ1v) is 133. The van der Waals surface area contributed by atoms with Crippen molar-refractivity contribution < 1.29 is 186 Å². The van der Waals surface area contributed by atoms with Crippen molar-refractivity contribution in [2.24, 2.45) is 0 Å². The molecule has 0 saturated heterocycles. The average Bonchev–Trinajstić information content (AvgIpc) is 0.641. The van der Waals surface area contributed by atoms with Gasteiger partial charge in [-0.3, -0.25) is 0 Å². The predicted octanol–water partition coefficient (Wildman–Crippen LogP) is -39.9. The van der Waals surface area contributed by atoms with E-state index in [-0.39, 0.29) is 0 Å². The van der Waals surface area contributed by atoms with Crippen LogP contribution in [0.3, 0.4) is 0 Å². The maximum atomic E-state index is 13.3. The fraction of sp³-hybridized carbons (Fsp3) is 1.00. The summed E-state index contributed by atoms with van der Waals surface area (Å²) in [5.74, 6) is 0. The third-order valence-corrected chi connectivity index (χ3v) is 439. The van der Waals surface area contributed by atoms with Crippen molar-refractivity contribution in [3.05, 3.63) is 0 Å². The molecule has 0 radical (unpaired) electrons. The maximum Gasteiger partial charge on any atom is 0.338 e. The van der Waals surface area contributed by atoms with E-state index >= 15 is 0 Å². The summed E-state index contributed by atoms with van der Waals surface area (Å²) in [6.07, 6.45) is 0. The molecule has 0 aliphatic carbocycles. The second-order valence-corrected chi connectivity index (χ2v) is 260. The average molecular weight is 2050 g/mol. The van der Waals surface area contributed by atoms with Gasteiger partial charge in [0.1, 0.15) is 0 Å². The molecule has 0 saturated carbocycles. The van der Waals surface area contributed by atoms with Crippen LogP contribution in [0.4, 0.5) is 0 Å². The zero-order valence-electron chi connectivity index (χ0n) is 53.0. The predicted molar refractivity (Wildman–Crippen MR) is 440 cm³/mol.